The van der Waals surface area contributed by atoms with Crippen LogP contribution >= 0.6 is 0 Å². The first kappa shape index (κ1) is 20.2. The van der Waals surface area contributed by atoms with E-state index in [0.717, 1.165) is 63.0 Å². The molecule has 142 valence electrons. The third kappa shape index (κ3) is 6.66. The first-order valence-corrected chi connectivity index (χ1v) is 10.1. The van der Waals surface area contributed by atoms with Crippen molar-refractivity contribution in [2.45, 2.75) is 58.8 Å². The Morgan fingerprint density at radius 1 is 1.15 bits per heavy atom. The lowest BCUT2D eigenvalue weighted by Gasteiger charge is -2.26. The van der Waals surface area contributed by atoms with E-state index in [4.69, 9.17) is 4.99 Å². The fraction of sp³-hybridized carbons (Fsp3) is 0.545. The molecule has 4 heteroatoms. The Bertz CT molecular complexity index is 601. The van der Waals surface area contributed by atoms with Gasteiger partial charge in [0.1, 0.15) is 0 Å². The summed E-state index contributed by atoms with van der Waals surface area (Å²) in [6, 6.07) is 10.5. The van der Waals surface area contributed by atoms with Crippen LogP contribution in [0.15, 0.2) is 47.1 Å². The predicted octanol–water partition coefficient (Wildman–Crippen LogP) is 5.16. The number of benzene rings is 1. The number of carbonyl (C=O) groups excluding carboxylic acids is 1. The molecule has 0 bridgehead atoms. The molecule has 1 saturated heterocycles. The summed E-state index contributed by atoms with van der Waals surface area (Å²) in [7, 11) is 0. The molecular formula is C22H33N3O. The second kappa shape index (κ2) is 11.5. The SMILES string of the molecule is C/C=C(/CCNC(=O)N1CCCCC1)N=C(CCCC)c1ccccc1. The number of likely N-dealkylation sites (tertiary alicyclic amines) is 1. The molecule has 0 saturated carbocycles. The minimum absolute atomic E-state index is 0.0680. The average molecular weight is 356 g/mol. The molecule has 4 nitrogen and oxygen atoms in total. The molecular weight excluding hydrogens is 322 g/mol. The smallest absolute Gasteiger partial charge is 0.317 e. The van der Waals surface area contributed by atoms with Crippen LogP contribution in [-0.2, 0) is 0 Å². The number of hydrogen-bond donors (Lipinski definition) is 1. The van der Waals surface area contributed by atoms with E-state index in [1.165, 1.54) is 12.0 Å². The maximum Gasteiger partial charge on any atom is 0.317 e. The zero-order chi connectivity index (χ0) is 18.6. The number of amides is 2. The Balaban J connectivity index is 1.92. The van der Waals surface area contributed by atoms with E-state index in [9.17, 15) is 4.79 Å². The summed E-state index contributed by atoms with van der Waals surface area (Å²) in [5.74, 6) is 0. The van der Waals surface area contributed by atoms with Gasteiger partial charge in [-0.15, -0.1) is 0 Å². The van der Waals surface area contributed by atoms with Crippen LogP contribution in [0.4, 0.5) is 4.79 Å². The van der Waals surface area contributed by atoms with Crippen LogP contribution in [0.5, 0.6) is 0 Å². The Morgan fingerprint density at radius 3 is 2.54 bits per heavy atom. The molecule has 26 heavy (non-hydrogen) atoms. The van der Waals surface area contributed by atoms with Gasteiger partial charge in [-0.25, -0.2) is 4.79 Å². The van der Waals surface area contributed by atoms with E-state index in [1.54, 1.807) is 0 Å². The number of unbranched alkanes of at least 4 members (excludes halogenated alkanes) is 1. The maximum absolute atomic E-state index is 12.2. The molecule has 1 fully saturated rings. The highest BCUT2D eigenvalue weighted by Crippen LogP contribution is 2.13. The van der Waals surface area contributed by atoms with Gasteiger partial charge in [-0.1, -0.05) is 49.8 Å². The molecule has 0 aliphatic carbocycles. The summed E-state index contributed by atoms with van der Waals surface area (Å²) in [5, 5.41) is 3.05. The molecule has 0 spiro atoms. The number of aliphatic imine (C=N–C) groups is 1. The van der Waals surface area contributed by atoms with Crippen LogP contribution in [0.3, 0.4) is 0 Å². The van der Waals surface area contributed by atoms with Gasteiger partial charge < -0.3 is 10.2 Å². The highest BCUT2D eigenvalue weighted by Gasteiger charge is 2.15. The standard InChI is InChI=1S/C22H33N3O/c1-3-5-14-21(19-12-8-6-9-13-19)24-20(4-2)15-16-23-22(26)25-17-10-7-11-18-25/h4,6,8-9,12-13H,3,5,7,10-11,14-18H2,1-2H3,(H,23,26)/b20-4-,24-21?. The fourth-order valence-electron chi connectivity index (χ4n) is 3.18. The Kier molecular flexibility index (Phi) is 8.94. The van der Waals surface area contributed by atoms with E-state index in [2.05, 4.69) is 42.6 Å². The van der Waals surface area contributed by atoms with Crippen molar-refractivity contribution in [3.63, 3.8) is 0 Å². The van der Waals surface area contributed by atoms with Crippen molar-refractivity contribution in [2.75, 3.05) is 19.6 Å². The van der Waals surface area contributed by atoms with Gasteiger partial charge in [0, 0.05) is 37.5 Å². The van der Waals surface area contributed by atoms with Crippen LogP contribution in [0.2, 0.25) is 0 Å². The minimum atomic E-state index is 0.0680. The molecule has 1 heterocycles. The molecule has 0 radical (unpaired) electrons. The molecule has 1 aliphatic rings. The summed E-state index contributed by atoms with van der Waals surface area (Å²) in [4.78, 5) is 19.1. The van der Waals surface area contributed by atoms with Crippen molar-refractivity contribution < 1.29 is 4.79 Å². The zero-order valence-corrected chi connectivity index (χ0v) is 16.3. The topological polar surface area (TPSA) is 44.7 Å². The number of nitrogens with zero attached hydrogens (tertiary/aromatic N) is 2. The third-order valence-electron chi connectivity index (χ3n) is 4.79. The summed E-state index contributed by atoms with van der Waals surface area (Å²) >= 11 is 0. The van der Waals surface area contributed by atoms with Gasteiger partial charge in [-0.3, -0.25) is 4.99 Å². The first-order chi connectivity index (χ1) is 12.7. The molecule has 1 N–H and O–H groups in total. The minimum Gasteiger partial charge on any atom is -0.338 e. The molecule has 1 aliphatic heterocycles. The van der Waals surface area contributed by atoms with E-state index in [0.29, 0.717) is 6.54 Å². The lowest BCUT2D eigenvalue weighted by molar-refractivity contribution is 0.186. The van der Waals surface area contributed by atoms with Gasteiger partial charge in [0.25, 0.3) is 0 Å². The third-order valence-corrected chi connectivity index (χ3v) is 4.79. The van der Waals surface area contributed by atoms with Crippen LogP contribution in [0, 0.1) is 0 Å². The fourth-order valence-corrected chi connectivity index (χ4v) is 3.18. The molecule has 1 aromatic carbocycles. The normalized spacial score (nSPS) is 15.8. The number of rotatable bonds is 8. The van der Waals surface area contributed by atoms with E-state index in [-0.39, 0.29) is 6.03 Å². The lowest BCUT2D eigenvalue weighted by atomic mass is 10.0. The molecule has 0 unspecified atom stereocenters. The summed E-state index contributed by atoms with van der Waals surface area (Å²) in [6.45, 7) is 6.63. The van der Waals surface area contributed by atoms with Crippen molar-refractivity contribution in [2.24, 2.45) is 4.99 Å². The molecule has 0 atom stereocenters. The quantitative estimate of drug-likeness (QED) is 0.644. The van der Waals surface area contributed by atoms with Gasteiger partial charge in [0.05, 0.1) is 0 Å². The number of allylic oxidation sites excluding steroid dienone is 1. The van der Waals surface area contributed by atoms with E-state index in [1.807, 2.05) is 17.9 Å². The van der Waals surface area contributed by atoms with Crippen molar-refractivity contribution in [3.8, 4) is 0 Å². The van der Waals surface area contributed by atoms with E-state index < -0.39 is 0 Å². The number of piperidine rings is 1. The predicted molar refractivity (Wildman–Crippen MR) is 110 cm³/mol. The van der Waals surface area contributed by atoms with Gasteiger partial charge in [0.2, 0.25) is 0 Å². The highest BCUT2D eigenvalue weighted by atomic mass is 16.2. The molecule has 2 amide bonds. The largest absolute Gasteiger partial charge is 0.338 e. The number of hydrogen-bond acceptors (Lipinski definition) is 2. The zero-order valence-electron chi connectivity index (χ0n) is 16.3. The van der Waals surface area contributed by atoms with Crippen LogP contribution in [0.25, 0.3) is 0 Å². The average Bonchev–Trinajstić information content (AvgIpc) is 2.71. The van der Waals surface area contributed by atoms with Crippen molar-refractivity contribution >= 4 is 11.7 Å². The van der Waals surface area contributed by atoms with E-state index >= 15 is 0 Å². The second-order valence-corrected chi connectivity index (χ2v) is 6.84. The lowest BCUT2D eigenvalue weighted by Crippen LogP contribution is -2.43. The monoisotopic (exact) mass is 355 g/mol. The van der Waals surface area contributed by atoms with Gasteiger partial charge in [-0.2, -0.15) is 0 Å². The van der Waals surface area contributed by atoms with Crippen LogP contribution in [-0.4, -0.2) is 36.3 Å². The summed E-state index contributed by atoms with van der Waals surface area (Å²) in [6.07, 6.45) is 9.57. The number of carbonyl (C=O) groups is 1. The summed E-state index contributed by atoms with van der Waals surface area (Å²) < 4.78 is 0. The van der Waals surface area contributed by atoms with Crippen LogP contribution < -0.4 is 5.32 Å². The summed E-state index contributed by atoms with van der Waals surface area (Å²) in [5.41, 5.74) is 3.37. The molecule has 2 rings (SSSR count). The number of urea groups is 1. The Morgan fingerprint density at radius 2 is 1.88 bits per heavy atom. The Hall–Kier alpha value is -2.10. The van der Waals surface area contributed by atoms with Crippen LogP contribution in [0.1, 0.15) is 64.4 Å². The maximum atomic E-state index is 12.2. The second-order valence-electron chi connectivity index (χ2n) is 6.84. The van der Waals surface area contributed by atoms with Crippen molar-refractivity contribution in [1.29, 1.82) is 0 Å². The van der Waals surface area contributed by atoms with Gasteiger partial charge in [0.15, 0.2) is 0 Å². The first-order valence-electron chi connectivity index (χ1n) is 10.1. The van der Waals surface area contributed by atoms with Crippen molar-refractivity contribution in [1.82, 2.24) is 10.2 Å². The molecule has 1 aromatic rings. The molecule has 0 aromatic heterocycles. The van der Waals surface area contributed by atoms with Gasteiger partial charge >= 0.3 is 6.03 Å². The van der Waals surface area contributed by atoms with Gasteiger partial charge in [-0.05, 0) is 44.6 Å². The Labute approximate surface area is 158 Å². The van der Waals surface area contributed by atoms with Crippen molar-refractivity contribution in [3.05, 3.63) is 47.7 Å². The highest BCUT2D eigenvalue weighted by molar-refractivity contribution is 6.01. The number of nitrogens with one attached hydrogen (secondary N) is 1.